The van der Waals surface area contributed by atoms with Crippen LogP contribution in [0.15, 0.2) is 12.1 Å². The van der Waals surface area contributed by atoms with E-state index in [1.54, 1.807) is 12.1 Å². The number of rotatable bonds is 2. The molecule has 0 spiro atoms. The maximum Gasteiger partial charge on any atom is 0.221 e. The first-order chi connectivity index (χ1) is 7.13. The number of amides is 1. The lowest BCUT2D eigenvalue weighted by molar-refractivity contribution is -0.119. The van der Waals surface area contributed by atoms with Crippen LogP contribution in [0.2, 0.25) is 0 Å². The van der Waals surface area contributed by atoms with Crippen molar-refractivity contribution >= 4 is 5.91 Å². The lowest BCUT2D eigenvalue weighted by atomic mass is 10.1. The lowest BCUT2D eigenvalue weighted by Crippen LogP contribution is -2.14. The highest BCUT2D eigenvalue weighted by Gasteiger charge is 2.44. The molecule has 2 rings (SSSR count). The molecule has 4 heteroatoms. The Balaban J connectivity index is 2.33. The van der Waals surface area contributed by atoms with Gasteiger partial charge in [-0.1, -0.05) is 0 Å². The second-order valence-corrected chi connectivity index (χ2v) is 3.85. The molecule has 4 nitrogen and oxygen atoms in total. The normalized spacial score (nSPS) is 23.2. The minimum Gasteiger partial charge on any atom is -0.369 e. The SMILES string of the molecule is Cc1ccc(C#N)c([C@H]2C[C@@H]2C(N)=O)n1. The second-order valence-electron chi connectivity index (χ2n) is 3.85. The van der Waals surface area contributed by atoms with Crippen LogP contribution < -0.4 is 5.73 Å². The molecule has 0 bridgehead atoms. The average Bonchev–Trinajstić information content (AvgIpc) is 2.97. The Bertz CT molecular complexity index is 461. The molecule has 1 saturated carbocycles. The number of nitrogens with zero attached hydrogens (tertiary/aromatic N) is 2. The zero-order valence-corrected chi connectivity index (χ0v) is 8.40. The molecule has 1 aromatic rings. The van der Waals surface area contributed by atoms with E-state index in [9.17, 15) is 4.79 Å². The molecule has 76 valence electrons. The summed E-state index contributed by atoms with van der Waals surface area (Å²) in [5, 5.41) is 8.90. The predicted molar refractivity (Wildman–Crippen MR) is 53.7 cm³/mol. The van der Waals surface area contributed by atoms with Gasteiger partial charge in [0.05, 0.1) is 11.3 Å². The highest BCUT2D eigenvalue weighted by Crippen LogP contribution is 2.47. The monoisotopic (exact) mass is 201 g/mol. The van der Waals surface area contributed by atoms with Crippen molar-refractivity contribution in [3.63, 3.8) is 0 Å². The van der Waals surface area contributed by atoms with Gasteiger partial charge >= 0.3 is 0 Å². The van der Waals surface area contributed by atoms with Crippen LogP contribution in [0, 0.1) is 24.2 Å². The number of hydrogen-bond donors (Lipinski definition) is 1. The second kappa shape index (κ2) is 3.35. The van der Waals surface area contributed by atoms with E-state index in [0.29, 0.717) is 5.56 Å². The summed E-state index contributed by atoms with van der Waals surface area (Å²) in [7, 11) is 0. The van der Waals surface area contributed by atoms with E-state index in [-0.39, 0.29) is 17.7 Å². The maximum atomic E-state index is 10.9. The fourth-order valence-corrected chi connectivity index (χ4v) is 1.77. The van der Waals surface area contributed by atoms with E-state index in [2.05, 4.69) is 11.1 Å². The van der Waals surface area contributed by atoms with Crippen molar-refractivity contribution in [1.29, 1.82) is 5.26 Å². The Morgan fingerprint density at radius 2 is 2.40 bits per heavy atom. The van der Waals surface area contributed by atoms with Gasteiger partial charge in [0.15, 0.2) is 0 Å². The van der Waals surface area contributed by atoms with Crippen molar-refractivity contribution < 1.29 is 4.79 Å². The number of aryl methyl sites for hydroxylation is 1. The van der Waals surface area contributed by atoms with Gasteiger partial charge in [0.2, 0.25) is 5.91 Å². The molecule has 1 amide bonds. The van der Waals surface area contributed by atoms with Crippen LogP contribution in [0.5, 0.6) is 0 Å². The van der Waals surface area contributed by atoms with Crippen molar-refractivity contribution in [3.8, 4) is 6.07 Å². The maximum absolute atomic E-state index is 10.9. The Kier molecular flexibility index (Phi) is 2.16. The topological polar surface area (TPSA) is 79.8 Å². The van der Waals surface area contributed by atoms with Crippen LogP contribution >= 0.6 is 0 Å². The van der Waals surface area contributed by atoms with Gasteiger partial charge in [-0.25, -0.2) is 0 Å². The summed E-state index contributed by atoms with van der Waals surface area (Å²) in [6.07, 6.45) is 0.723. The highest BCUT2D eigenvalue weighted by molar-refractivity contribution is 5.81. The summed E-state index contributed by atoms with van der Waals surface area (Å²) in [5.74, 6) is -0.379. The molecule has 0 saturated heterocycles. The third kappa shape index (κ3) is 1.68. The van der Waals surface area contributed by atoms with E-state index in [4.69, 9.17) is 11.0 Å². The molecular formula is C11H11N3O. The third-order valence-electron chi connectivity index (χ3n) is 2.69. The van der Waals surface area contributed by atoms with E-state index in [1.807, 2.05) is 6.92 Å². The zero-order valence-electron chi connectivity index (χ0n) is 8.40. The van der Waals surface area contributed by atoms with Crippen molar-refractivity contribution in [2.24, 2.45) is 11.7 Å². The Morgan fingerprint density at radius 1 is 1.67 bits per heavy atom. The molecule has 1 heterocycles. The van der Waals surface area contributed by atoms with Crippen molar-refractivity contribution in [3.05, 3.63) is 29.1 Å². The van der Waals surface area contributed by atoms with Crippen LogP contribution in [0.4, 0.5) is 0 Å². The van der Waals surface area contributed by atoms with Crippen LogP contribution in [-0.4, -0.2) is 10.9 Å². The quantitative estimate of drug-likeness (QED) is 0.770. The number of primary amides is 1. The molecule has 1 aliphatic carbocycles. The van der Waals surface area contributed by atoms with Gasteiger partial charge in [-0.3, -0.25) is 9.78 Å². The number of nitrogens with two attached hydrogens (primary N) is 1. The van der Waals surface area contributed by atoms with E-state index < -0.39 is 0 Å². The van der Waals surface area contributed by atoms with Crippen molar-refractivity contribution in [2.45, 2.75) is 19.3 Å². The van der Waals surface area contributed by atoms with Crippen molar-refractivity contribution in [2.75, 3.05) is 0 Å². The largest absolute Gasteiger partial charge is 0.369 e. The predicted octanol–water partition coefficient (Wildman–Crippen LogP) is 0.851. The molecule has 1 fully saturated rings. The number of hydrogen-bond acceptors (Lipinski definition) is 3. The summed E-state index contributed by atoms with van der Waals surface area (Å²) < 4.78 is 0. The molecule has 0 radical (unpaired) electrons. The van der Waals surface area contributed by atoms with Crippen LogP contribution in [0.3, 0.4) is 0 Å². The third-order valence-corrected chi connectivity index (χ3v) is 2.69. The summed E-state index contributed by atoms with van der Waals surface area (Å²) in [4.78, 5) is 15.2. The summed E-state index contributed by atoms with van der Waals surface area (Å²) >= 11 is 0. The first-order valence-electron chi connectivity index (χ1n) is 4.80. The minimum absolute atomic E-state index is 0.0528. The van der Waals surface area contributed by atoms with Gasteiger partial charge < -0.3 is 5.73 Å². The lowest BCUT2D eigenvalue weighted by Gasteiger charge is -2.02. The molecule has 2 atom stereocenters. The number of pyridine rings is 1. The molecule has 1 aliphatic rings. The van der Waals surface area contributed by atoms with E-state index >= 15 is 0 Å². The fraction of sp³-hybridized carbons (Fsp3) is 0.364. The average molecular weight is 201 g/mol. The summed E-state index contributed by atoms with van der Waals surface area (Å²) in [6.45, 7) is 1.87. The number of nitriles is 1. The fourth-order valence-electron chi connectivity index (χ4n) is 1.77. The molecular weight excluding hydrogens is 190 g/mol. The smallest absolute Gasteiger partial charge is 0.221 e. The first-order valence-corrected chi connectivity index (χ1v) is 4.80. The van der Waals surface area contributed by atoms with Crippen LogP contribution in [0.25, 0.3) is 0 Å². The Labute approximate surface area is 87.7 Å². The molecule has 2 N–H and O–H groups in total. The van der Waals surface area contributed by atoms with Gasteiger partial charge in [-0.05, 0) is 25.5 Å². The Hall–Kier alpha value is -1.89. The minimum atomic E-state index is -0.299. The van der Waals surface area contributed by atoms with Gasteiger partial charge in [-0.2, -0.15) is 5.26 Å². The molecule has 0 aliphatic heterocycles. The zero-order chi connectivity index (χ0) is 11.0. The van der Waals surface area contributed by atoms with Gasteiger partial charge in [0.25, 0.3) is 0 Å². The highest BCUT2D eigenvalue weighted by atomic mass is 16.1. The van der Waals surface area contributed by atoms with Crippen molar-refractivity contribution in [1.82, 2.24) is 4.98 Å². The number of carbonyl (C=O) groups excluding carboxylic acids is 1. The van der Waals surface area contributed by atoms with Gasteiger partial charge in [0, 0.05) is 17.5 Å². The van der Waals surface area contributed by atoms with Crippen LogP contribution in [-0.2, 0) is 4.79 Å². The Morgan fingerprint density at radius 3 is 2.93 bits per heavy atom. The summed E-state index contributed by atoms with van der Waals surface area (Å²) in [5.41, 5.74) is 7.34. The molecule has 1 aromatic heterocycles. The molecule has 0 unspecified atom stereocenters. The number of carbonyl (C=O) groups is 1. The number of aromatic nitrogens is 1. The van der Waals surface area contributed by atoms with Gasteiger partial charge in [-0.15, -0.1) is 0 Å². The van der Waals surface area contributed by atoms with E-state index in [1.165, 1.54) is 0 Å². The van der Waals surface area contributed by atoms with E-state index in [0.717, 1.165) is 17.8 Å². The van der Waals surface area contributed by atoms with Crippen LogP contribution in [0.1, 0.15) is 29.3 Å². The molecule has 15 heavy (non-hydrogen) atoms. The molecule has 0 aromatic carbocycles. The standard InChI is InChI=1S/C11H11N3O/c1-6-2-3-7(5-12)10(14-6)8-4-9(8)11(13)15/h2-3,8-9H,4H2,1H3,(H2,13,15)/t8-,9-/m0/s1. The van der Waals surface area contributed by atoms with Gasteiger partial charge in [0.1, 0.15) is 6.07 Å². The first kappa shape index (κ1) is 9.66. The summed E-state index contributed by atoms with van der Waals surface area (Å²) in [6, 6.07) is 5.63.